The van der Waals surface area contributed by atoms with Gasteiger partial charge >= 0.3 is 6.18 Å². The maximum Gasteiger partial charge on any atom is 0.401 e. The molecule has 1 rings (SSSR count). The van der Waals surface area contributed by atoms with E-state index in [1.54, 1.807) is 0 Å². The zero-order valence-electron chi connectivity index (χ0n) is 6.15. The molecule has 0 aromatic carbocycles. The van der Waals surface area contributed by atoms with Gasteiger partial charge in [0.2, 0.25) is 0 Å². The van der Waals surface area contributed by atoms with Crippen LogP contribution in [0.2, 0.25) is 0 Å². The number of rotatable bonds is 1. The largest absolute Gasteiger partial charge is 0.401 e. The zero-order chi connectivity index (χ0) is 8.70. The Bertz CT molecular complexity index is 146. The van der Waals surface area contributed by atoms with Crippen LogP contribution < -0.4 is 0 Å². The van der Waals surface area contributed by atoms with Gasteiger partial charge in [-0.15, -0.1) is 0 Å². The van der Waals surface area contributed by atoms with Gasteiger partial charge in [-0.3, -0.25) is 4.90 Å². The van der Waals surface area contributed by atoms with E-state index >= 15 is 0 Å². The third-order valence-corrected chi connectivity index (χ3v) is 1.53. The van der Waals surface area contributed by atoms with Crippen molar-refractivity contribution >= 4 is 0 Å². The van der Waals surface area contributed by atoms with E-state index in [-0.39, 0.29) is 13.1 Å². The minimum absolute atomic E-state index is 0.118. The predicted octanol–water partition coefficient (Wildman–Crippen LogP) is 0.615. The molecule has 1 aliphatic rings. The highest BCUT2D eigenvalue weighted by Gasteiger charge is 2.42. The highest BCUT2D eigenvalue weighted by atomic mass is 19.4. The second-order valence-corrected chi connectivity index (χ2v) is 3.26. The molecule has 0 amide bonds. The molecule has 0 aliphatic carbocycles. The molecule has 0 radical (unpaired) electrons. The Hall–Kier alpha value is -0.290. The van der Waals surface area contributed by atoms with Crippen LogP contribution in [0.3, 0.4) is 0 Å². The number of halogens is 3. The van der Waals surface area contributed by atoms with Crippen molar-refractivity contribution in [2.75, 3.05) is 19.6 Å². The number of hydrogen-bond acceptors (Lipinski definition) is 2. The summed E-state index contributed by atoms with van der Waals surface area (Å²) in [6, 6.07) is 0. The van der Waals surface area contributed by atoms with Gasteiger partial charge in [-0.25, -0.2) is 0 Å². The second-order valence-electron chi connectivity index (χ2n) is 3.26. The van der Waals surface area contributed by atoms with E-state index in [1.165, 1.54) is 11.8 Å². The maximum absolute atomic E-state index is 11.7. The van der Waals surface area contributed by atoms with Gasteiger partial charge in [0.05, 0.1) is 12.1 Å². The minimum atomic E-state index is -4.14. The number of nitrogens with zero attached hydrogens (tertiary/aromatic N) is 1. The Balaban J connectivity index is 2.24. The lowest BCUT2D eigenvalue weighted by Crippen LogP contribution is -2.61. The van der Waals surface area contributed by atoms with E-state index in [1.807, 2.05) is 0 Å². The Morgan fingerprint density at radius 2 is 1.91 bits per heavy atom. The highest BCUT2D eigenvalue weighted by Crippen LogP contribution is 2.25. The van der Waals surface area contributed by atoms with Gasteiger partial charge in [0, 0.05) is 13.1 Å². The van der Waals surface area contributed by atoms with Crippen molar-refractivity contribution in [1.82, 2.24) is 4.90 Å². The molecule has 0 atom stereocenters. The normalized spacial score (nSPS) is 24.8. The lowest BCUT2D eigenvalue weighted by Gasteiger charge is -2.44. The zero-order valence-corrected chi connectivity index (χ0v) is 6.15. The summed E-state index contributed by atoms with van der Waals surface area (Å²) in [4.78, 5) is 1.17. The summed E-state index contributed by atoms with van der Waals surface area (Å²) < 4.78 is 35.0. The monoisotopic (exact) mass is 169 g/mol. The second kappa shape index (κ2) is 2.35. The molecule has 2 nitrogen and oxygen atoms in total. The Morgan fingerprint density at radius 1 is 1.45 bits per heavy atom. The Kier molecular flexibility index (Phi) is 1.88. The average molecular weight is 169 g/mol. The van der Waals surface area contributed by atoms with Crippen LogP contribution in [0.15, 0.2) is 0 Å². The van der Waals surface area contributed by atoms with Crippen molar-refractivity contribution in [2.24, 2.45) is 0 Å². The van der Waals surface area contributed by atoms with Crippen LogP contribution in [0.1, 0.15) is 6.92 Å². The number of hydrogen-bond donors (Lipinski definition) is 1. The first kappa shape index (κ1) is 8.80. The molecular formula is C6H10F3NO. The summed E-state index contributed by atoms with van der Waals surface area (Å²) in [5, 5.41) is 9.07. The van der Waals surface area contributed by atoms with Crippen molar-refractivity contribution in [2.45, 2.75) is 18.7 Å². The molecule has 1 fully saturated rings. The average Bonchev–Trinajstić information content (AvgIpc) is 1.53. The SMILES string of the molecule is CC1(O)CN(CC(F)(F)F)C1. The smallest absolute Gasteiger partial charge is 0.388 e. The van der Waals surface area contributed by atoms with Gasteiger partial charge in [0.1, 0.15) is 0 Å². The molecule has 1 heterocycles. The Labute approximate surface area is 62.6 Å². The summed E-state index contributed by atoms with van der Waals surface area (Å²) in [7, 11) is 0. The minimum Gasteiger partial charge on any atom is -0.388 e. The van der Waals surface area contributed by atoms with Gasteiger partial charge in [0.15, 0.2) is 0 Å². The van der Waals surface area contributed by atoms with Crippen LogP contribution in [0, 0.1) is 0 Å². The summed E-state index contributed by atoms with van der Waals surface area (Å²) in [6.45, 7) is 0.849. The molecule has 5 heteroatoms. The summed E-state index contributed by atoms with van der Waals surface area (Å²) in [5.74, 6) is 0. The Morgan fingerprint density at radius 3 is 2.18 bits per heavy atom. The fourth-order valence-electron chi connectivity index (χ4n) is 1.28. The van der Waals surface area contributed by atoms with Gasteiger partial charge in [-0.2, -0.15) is 13.2 Å². The molecule has 0 unspecified atom stereocenters. The van der Waals surface area contributed by atoms with Crippen LogP contribution in [0.25, 0.3) is 0 Å². The molecule has 1 N–H and O–H groups in total. The molecule has 1 aliphatic heterocycles. The summed E-state index contributed by atoms with van der Waals surface area (Å²) >= 11 is 0. The number of likely N-dealkylation sites (tertiary alicyclic amines) is 1. The molecule has 0 saturated carbocycles. The van der Waals surface area contributed by atoms with E-state index in [2.05, 4.69) is 0 Å². The van der Waals surface area contributed by atoms with Crippen molar-refractivity contribution < 1.29 is 18.3 Å². The van der Waals surface area contributed by atoms with E-state index < -0.39 is 18.3 Å². The van der Waals surface area contributed by atoms with E-state index in [4.69, 9.17) is 5.11 Å². The quantitative estimate of drug-likeness (QED) is 0.621. The maximum atomic E-state index is 11.7. The standard InChI is InChI=1S/C6H10F3NO/c1-5(11)2-10(3-5)4-6(7,8)9/h11H,2-4H2,1H3. The molecule has 0 spiro atoms. The fourth-order valence-corrected chi connectivity index (χ4v) is 1.28. The van der Waals surface area contributed by atoms with Crippen molar-refractivity contribution in [3.05, 3.63) is 0 Å². The van der Waals surface area contributed by atoms with E-state index in [9.17, 15) is 13.2 Å². The first-order valence-corrected chi connectivity index (χ1v) is 3.30. The molecule has 1 saturated heterocycles. The molecule has 66 valence electrons. The summed E-state index contributed by atoms with van der Waals surface area (Å²) in [5.41, 5.74) is -0.911. The number of β-amino-alcohol motifs (C(OH)–C–C–N with tert-alkyl or cyclic N) is 1. The van der Waals surface area contributed by atoms with Crippen molar-refractivity contribution in [1.29, 1.82) is 0 Å². The van der Waals surface area contributed by atoms with Crippen molar-refractivity contribution in [3.63, 3.8) is 0 Å². The van der Waals surface area contributed by atoms with E-state index in [0.717, 1.165) is 0 Å². The third kappa shape index (κ3) is 2.67. The van der Waals surface area contributed by atoms with Gasteiger partial charge < -0.3 is 5.11 Å². The molecule has 0 aromatic rings. The number of aliphatic hydroxyl groups is 1. The first-order chi connectivity index (χ1) is 4.79. The van der Waals surface area contributed by atoms with Crippen LogP contribution in [-0.4, -0.2) is 41.4 Å². The topological polar surface area (TPSA) is 23.5 Å². The number of alkyl halides is 3. The summed E-state index contributed by atoms with van der Waals surface area (Å²) in [6.07, 6.45) is -4.14. The van der Waals surface area contributed by atoms with Crippen LogP contribution >= 0.6 is 0 Å². The van der Waals surface area contributed by atoms with Crippen LogP contribution in [-0.2, 0) is 0 Å². The lowest BCUT2D eigenvalue weighted by molar-refractivity contribution is -0.181. The lowest BCUT2D eigenvalue weighted by atomic mass is 9.97. The van der Waals surface area contributed by atoms with Gasteiger partial charge in [-0.05, 0) is 6.92 Å². The van der Waals surface area contributed by atoms with Crippen LogP contribution in [0.4, 0.5) is 13.2 Å². The third-order valence-electron chi connectivity index (χ3n) is 1.53. The highest BCUT2D eigenvalue weighted by molar-refractivity contribution is 4.91. The first-order valence-electron chi connectivity index (χ1n) is 3.30. The molecular weight excluding hydrogens is 159 g/mol. The van der Waals surface area contributed by atoms with Crippen molar-refractivity contribution in [3.8, 4) is 0 Å². The van der Waals surface area contributed by atoms with E-state index in [0.29, 0.717) is 0 Å². The predicted molar refractivity (Wildman–Crippen MR) is 33.1 cm³/mol. The fraction of sp³-hybridized carbons (Fsp3) is 1.00. The molecule has 11 heavy (non-hydrogen) atoms. The molecule has 0 bridgehead atoms. The van der Waals surface area contributed by atoms with Gasteiger partial charge in [-0.1, -0.05) is 0 Å². The molecule has 0 aromatic heterocycles. The van der Waals surface area contributed by atoms with Gasteiger partial charge in [0.25, 0.3) is 0 Å². The van der Waals surface area contributed by atoms with Crippen LogP contribution in [0.5, 0.6) is 0 Å².